The van der Waals surface area contributed by atoms with E-state index in [1.165, 1.54) is 5.69 Å². The molecule has 178 valence electrons. The Morgan fingerprint density at radius 3 is 2.35 bits per heavy atom. The van der Waals surface area contributed by atoms with Gasteiger partial charge in [-0.1, -0.05) is 18.2 Å². The topological polar surface area (TPSA) is 88.1 Å². The van der Waals surface area contributed by atoms with Crippen LogP contribution in [0, 0.1) is 0 Å². The maximum Gasteiger partial charge on any atom is 0.417 e. The monoisotopic (exact) mass is 461 g/mol. The zero-order valence-corrected chi connectivity index (χ0v) is 19.6. The minimum Gasteiger partial charge on any atom is -0.464 e. The molecule has 0 aliphatic carbocycles. The molecule has 1 aromatic heterocycles. The molecule has 9 nitrogen and oxygen atoms in total. The van der Waals surface area contributed by atoms with Gasteiger partial charge in [0, 0.05) is 62.9 Å². The third kappa shape index (κ3) is 6.00. The number of benzene rings is 2. The molecule has 0 atom stereocenters. The first kappa shape index (κ1) is 23.5. The zero-order valence-electron chi connectivity index (χ0n) is 19.6. The van der Waals surface area contributed by atoms with Crippen molar-refractivity contribution in [3.05, 3.63) is 66.9 Å². The molecule has 0 radical (unpaired) electrons. The molecule has 1 aliphatic heterocycles. The van der Waals surface area contributed by atoms with Crippen LogP contribution in [0.5, 0.6) is 0 Å². The standard InChI is InChI=1S/C25H31N7O2/c1-29(2)14-15-30-16-18-31(19-17-30)21-10-8-20(9-11-21)27-24-26-13-12-23(28-24)32(25(33)34)22-6-4-3-5-7-22/h3-13H,14-19H2,1-2H3,(H,33,34)(H,26,27,28). The van der Waals surface area contributed by atoms with Crippen molar-refractivity contribution in [2.75, 3.05) is 68.5 Å². The van der Waals surface area contributed by atoms with Gasteiger partial charge in [-0.3, -0.25) is 4.90 Å². The molecule has 1 aliphatic rings. The average molecular weight is 462 g/mol. The van der Waals surface area contributed by atoms with Gasteiger partial charge in [-0.25, -0.2) is 14.7 Å². The van der Waals surface area contributed by atoms with Gasteiger partial charge in [0.25, 0.3) is 0 Å². The molecule has 9 heteroatoms. The summed E-state index contributed by atoms with van der Waals surface area (Å²) in [5.41, 5.74) is 2.55. The molecule has 0 spiro atoms. The summed E-state index contributed by atoms with van der Waals surface area (Å²) in [6, 6.07) is 18.6. The molecule has 2 N–H and O–H groups in total. The van der Waals surface area contributed by atoms with E-state index in [2.05, 4.69) is 56.2 Å². The Hall–Kier alpha value is -3.69. The van der Waals surface area contributed by atoms with Crippen molar-refractivity contribution in [2.45, 2.75) is 0 Å². The summed E-state index contributed by atoms with van der Waals surface area (Å²) in [5, 5.41) is 12.9. The van der Waals surface area contributed by atoms with Crippen LogP contribution in [-0.2, 0) is 0 Å². The summed E-state index contributed by atoms with van der Waals surface area (Å²) in [4.78, 5) is 28.8. The number of hydrogen-bond donors (Lipinski definition) is 2. The number of likely N-dealkylation sites (N-methyl/N-ethyl adjacent to an activating group) is 1. The summed E-state index contributed by atoms with van der Waals surface area (Å²) in [6.07, 6.45) is 0.440. The van der Waals surface area contributed by atoms with E-state index in [1.807, 2.05) is 18.2 Å². The molecule has 3 aromatic rings. The summed E-state index contributed by atoms with van der Waals surface area (Å²) >= 11 is 0. The number of hydrogen-bond acceptors (Lipinski definition) is 7. The van der Waals surface area contributed by atoms with Gasteiger partial charge in [0.2, 0.25) is 5.95 Å². The van der Waals surface area contributed by atoms with Crippen molar-refractivity contribution in [1.29, 1.82) is 0 Å². The smallest absolute Gasteiger partial charge is 0.417 e. The largest absolute Gasteiger partial charge is 0.464 e. The Kier molecular flexibility index (Phi) is 7.56. The van der Waals surface area contributed by atoms with E-state index in [-0.39, 0.29) is 5.82 Å². The molecule has 2 aromatic carbocycles. The molecular weight excluding hydrogens is 430 g/mol. The summed E-state index contributed by atoms with van der Waals surface area (Å²) in [7, 11) is 4.22. The Bertz CT molecular complexity index is 1070. The highest BCUT2D eigenvalue weighted by molar-refractivity contribution is 5.93. The average Bonchev–Trinajstić information content (AvgIpc) is 2.84. The highest BCUT2D eigenvalue weighted by atomic mass is 16.4. The van der Waals surface area contributed by atoms with Crippen LogP contribution in [0.15, 0.2) is 66.9 Å². The van der Waals surface area contributed by atoms with Gasteiger partial charge < -0.3 is 20.2 Å². The van der Waals surface area contributed by atoms with E-state index in [1.54, 1.807) is 36.5 Å². The Morgan fingerprint density at radius 2 is 1.71 bits per heavy atom. The maximum atomic E-state index is 11.9. The van der Waals surface area contributed by atoms with Crippen molar-refractivity contribution in [1.82, 2.24) is 19.8 Å². The number of nitrogens with zero attached hydrogens (tertiary/aromatic N) is 6. The van der Waals surface area contributed by atoms with E-state index in [0.717, 1.165) is 49.9 Å². The van der Waals surface area contributed by atoms with Crippen LogP contribution in [0.2, 0.25) is 0 Å². The third-order valence-corrected chi connectivity index (χ3v) is 5.80. The lowest BCUT2D eigenvalue weighted by Crippen LogP contribution is -2.48. The fraction of sp³-hybridized carbons (Fsp3) is 0.320. The van der Waals surface area contributed by atoms with Gasteiger partial charge in [0.05, 0.1) is 5.69 Å². The number of para-hydroxylation sites is 1. The lowest BCUT2D eigenvalue weighted by molar-refractivity contribution is 0.204. The van der Waals surface area contributed by atoms with Crippen LogP contribution in [-0.4, -0.2) is 84.3 Å². The molecule has 1 fully saturated rings. The lowest BCUT2D eigenvalue weighted by Gasteiger charge is -2.36. The normalized spacial score (nSPS) is 14.3. The molecule has 0 saturated carbocycles. The number of carbonyl (C=O) groups is 1. The molecule has 34 heavy (non-hydrogen) atoms. The second-order valence-corrected chi connectivity index (χ2v) is 8.50. The van der Waals surface area contributed by atoms with E-state index in [0.29, 0.717) is 11.6 Å². The van der Waals surface area contributed by atoms with Crippen LogP contribution < -0.4 is 15.1 Å². The molecule has 1 saturated heterocycles. The number of rotatable bonds is 8. The Labute approximate surface area is 200 Å². The van der Waals surface area contributed by atoms with Crippen LogP contribution >= 0.6 is 0 Å². The van der Waals surface area contributed by atoms with Crippen LogP contribution in [0.4, 0.5) is 33.6 Å². The van der Waals surface area contributed by atoms with Gasteiger partial charge in [-0.2, -0.15) is 4.98 Å². The van der Waals surface area contributed by atoms with Gasteiger partial charge >= 0.3 is 6.09 Å². The van der Waals surface area contributed by atoms with Gasteiger partial charge in [-0.05, 0) is 50.5 Å². The van der Waals surface area contributed by atoms with Crippen molar-refractivity contribution in [3.8, 4) is 0 Å². The van der Waals surface area contributed by atoms with Crippen molar-refractivity contribution in [2.24, 2.45) is 0 Å². The first-order valence-corrected chi connectivity index (χ1v) is 11.4. The molecule has 0 bridgehead atoms. The molecular formula is C25H31N7O2. The number of anilines is 5. The molecule has 1 amide bonds. The van der Waals surface area contributed by atoms with Crippen LogP contribution in [0.25, 0.3) is 0 Å². The fourth-order valence-electron chi connectivity index (χ4n) is 3.91. The summed E-state index contributed by atoms with van der Waals surface area (Å²) < 4.78 is 0. The summed E-state index contributed by atoms with van der Waals surface area (Å²) in [5.74, 6) is 0.613. The molecule has 2 heterocycles. The van der Waals surface area contributed by atoms with E-state index >= 15 is 0 Å². The van der Waals surface area contributed by atoms with E-state index in [4.69, 9.17) is 0 Å². The van der Waals surface area contributed by atoms with Crippen LogP contribution in [0.3, 0.4) is 0 Å². The SMILES string of the molecule is CN(C)CCN1CCN(c2ccc(Nc3nccc(N(C(=O)O)c4ccccc4)n3)cc2)CC1. The summed E-state index contributed by atoms with van der Waals surface area (Å²) in [6.45, 7) is 6.34. The fourth-order valence-corrected chi connectivity index (χ4v) is 3.91. The zero-order chi connectivity index (χ0) is 23.9. The van der Waals surface area contributed by atoms with Crippen molar-refractivity contribution in [3.63, 3.8) is 0 Å². The lowest BCUT2D eigenvalue weighted by atomic mass is 10.2. The number of piperazine rings is 1. The van der Waals surface area contributed by atoms with E-state index in [9.17, 15) is 9.90 Å². The molecule has 4 rings (SSSR count). The predicted octanol–water partition coefficient (Wildman–Crippen LogP) is 3.72. The number of carboxylic acid groups (broad SMARTS) is 1. The third-order valence-electron chi connectivity index (χ3n) is 5.80. The quantitative estimate of drug-likeness (QED) is 0.525. The Morgan fingerprint density at radius 1 is 1.00 bits per heavy atom. The first-order valence-electron chi connectivity index (χ1n) is 11.4. The number of amides is 1. The highest BCUT2D eigenvalue weighted by Crippen LogP contribution is 2.25. The van der Waals surface area contributed by atoms with Crippen molar-refractivity contribution >= 4 is 34.9 Å². The molecule has 0 unspecified atom stereocenters. The van der Waals surface area contributed by atoms with Gasteiger partial charge in [0.15, 0.2) is 0 Å². The van der Waals surface area contributed by atoms with Gasteiger partial charge in [-0.15, -0.1) is 0 Å². The Balaban J connectivity index is 1.39. The number of nitrogens with one attached hydrogen (secondary N) is 1. The predicted molar refractivity (Wildman–Crippen MR) is 136 cm³/mol. The van der Waals surface area contributed by atoms with Gasteiger partial charge in [0.1, 0.15) is 5.82 Å². The first-order chi connectivity index (χ1) is 16.5. The second-order valence-electron chi connectivity index (χ2n) is 8.50. The second kappa shape index (κ2) is 11.0. The van der Waals surface area contributed by atoms with Crippen LogP contribution in [0.1, 0.15) is 0 Å². The number of aromatic nitrogens is 2. The minimum atomic E-state index is -1.11. The maximum absolute atomic E-state index is 11.9. The minimum absolute atomic E-state index is 0.278. The van der Waals surface area contributed by atoms with E-state index < -0.39 is 6.09 Å². The highest BCUT2D eigenvalue weighted by Gasteiger charge is 2.19. The van der Waals surface area contributed by atoms with Crippen molar-refractivity contribution < 1.29 is 9.90 Å².